The van der Waals surface area contributed by atoms with Crippen LogP contribution in [0.2, 0.25) is 0 Å². The van der Waals surface area contributed by atoms with Gasteiger partial charge in [-0.3, -0.25) is 9.36 Å². The van der Waals surface area contributed by atoms with Crippen molar-refractivity contribution in [2.75, 3.05) is 20.6 Å². The number of hydrogen-bond acceptors (Lipinski definition) is 4. The van der Waals surface area contributed by atoms with Crippen LogP contribution < -0.4 is 5.56 Å². The Hall–Kier alpha value is -1.69. The van der Waals surface area contributed by atoms with Gasteiger partial charge in [0.15, 0.2) is 0 Å². The largest absolute Gasteiger partial charge is 0.477 e. The third kappa shape index (κ3) is 3.20. The van der Waals surface area contributed by atoms with E-state index in [1.54, 1.807) is 0 Å². The first-order chi connectivity index (χ1) is 9.00. The number of aryl methyl sites for hydroxylation is 1. The molecule has 1 fully saturated rings. The Labute approximate surface area is 111 Å². The zero-order valence-electron chi connectivity index (χ0n) is 11.3. The Morgan fingerprint density at radius 1 is 1.53 bits per heavy atom. The van der Waals surface area contributed by atoms with Crippen LogP contribution in [0.4, 0.5) is 0 Å². The van der Waals surface area contributed by atoms with Crippen LogP contribution in [0.5, 0.6) is 0 Å². The van der Waals surface area contributed by atoms with Gasteiger partial charge < -0.3 is 10.0 Å². The number of carboxylic acid groups (broad SMARTS) is 1. The van der Waals surface area contributed by atoms with Crippen molar-refractivity contribution in [3.8, 4) is 0 Å². The van der Waals surface area contributed by atoms with Gasteiger partial charge in [0.05, 0.1) is 12.0 Å². The molecule has 0 atom stereocenters. The SMILES string of the molecule is CN(C)CCCn1cnc(C2CC2)c(C(=O)O)c1=O. The molecular weight excluding hydrogens is 246 g/mol. The molecule has 0 unspecified atom stereocenters. The molecule has 1 aliphatic rings. The van der Waals surface area contributed by atoms with Crippen molar-refractivity contribution >= 4 is 5.97 Å². The molecule has 0 amide bonds. The first-order valence-corrected chi connectivity index (χ1v) is 6.48. The van der Waals surface area contributed by atoms with E-state index < -0.39 is 11.5 Å². The fourth-order valence-corrected chi connectivity index (χ4v) is 2.09. The number of aromatic nitrogens is 2. The molecule has 2 rings (SSSR count). The summed E-state index contributed by atoms with van der Waals surface area (Å²) in [6.45, 7) is 1.34. The summed E-state index contributed by atoms with van der Waals surface area (Å²) in [7, 11) is 3.92. The molecule has 1 saturated carbocycles. The first kappa shape index (κ1) is 13.7. The van der Waals surface area contributed by atoms with Gasteiger partial charge in [0.25, 0.3) is 5.56 Å². The van der Waals surface area contributed by atoms with Gasteiger partial charge in [0.2, 0.25) is 0 Å². The topological polar surface area (TPSA) is 75.4 Å². The minimum absolute atomic E-state index is 0.144. The van der Waals surface area contributed by atoms with E-state index in [1.807, 2.05) is 19.0 Å². The van der Waals surface area contributed by atoms with Crippen molar-refractivity contribution in [1.29, 1.82) is 0 Å². The quantitative estimate of drug-likeness (QED) is 0.822. The van der Waals surface area contributed by atoms with E-state index in [0.29, 0.717) is 12.2 Å². The van der Waals surface area contributed by atoms with Crippen LogP contribution in [0, 0.1) is 0 Å². The maximum absolute atomic E-state index is 12.2. The second-order valence-corrected chi connectivity index (χ2v) is 5.24. The Morgan fingerprint density at radius 2 is 2.21 bits per heavy atom. The molecule has 0 radical (unpaired) electrons. The molecule has 0 aromatic carbocycles. The number of hydrogen-bond donors (Lipinski definition) is 1. The summed E-state index contributed by atoms with van der Waals surface area (Å²) < 4.78 is 1.40. The van der Waals surface area contributed by atoms with Gasteiger partial charge >= 0.3 is 5.97 Å². The van der Waals surface area contributed by atoms with E-state index in [4.69, 9.17) is 0 Å². The highest BCUT2D eigenvalue weighted by Crippen LogP contribution is 2.39. The third-order valence-electron chi connectivity index (χ3n) is 3.25. The number of carboxylic acids is 1. The predicted octanol–water partition coefficient (Wildman–Crippen LogP) is 0.771. The number of aromatic carboxylic acids is 1. The minimum atomic E-state index is -1.17. The molecule has 1 aromatic heterocycles. The molecular formula is C13H19N3O3. The van der Waals surface area contributed by atoms with E-state index >= 15 is 0 Å². The van der Waals surface area contributed by atoms with E-state index in [1.165, 1.54) is 10.9 Å². The van der Waals surface area contributed by atoms with E-state index in [9.17, 15) is 14.7 Å². The van der Waals surface area contributed by atoms with Crippen LogP contribution in [0.25, 0.3) is 0 Å². The molecule has 1 aliphatic carbocycles. The van der Waals surface area contributed by atoms with Crippen molar-refractivity contribution in [3.63, 3.8) is 0 Å². The van der Waals surface area contributed by atoms with Gasteiger partial charge in [-0.1, -0.05) is 0 Å². The standard InChI is InChI=1S/C13H19N3O3/c1-15(2)6-3-7-16-8-14-11(9-4-5-9)10(12(16)17)13(18)19/h8-9H,3-7H2,1-2H3,(H,18,19). The summed E-state index contributed by atoms with van der Waals surface area (Å²) in [4.78, 5) is 29.6. The molecule has 6 nitrogen and oxygen atoms in total. The zero-order valence-corrected chi connectivity index (χ0v) is 11.3. The van der Waals surface area contributed by atoms with Gasteiger partial charge in [-0.15, -0.1) is 0 Å². The molecule has 19 heavy (non-hydrogen) atoms. The Bertz CT molecular complexity index is 532. The van der Waals surface area contributed by atoms with Crippen LogP contribution >= 0.6 is 0 Å². The predicted molar refractivity (Wildman–Crippen MR) is 70.6 cm³/mol. The minimum Gasteiger partial charge on any atom is -0.477 e. The zero-order chi connectivity index (χ0) is 14.0. The maximum Gasteiger partial charge on any atom is 0.343 e. The van der Waals surface area contributed by atoms with Crippen LogP contribution in [0.3, 0.4) is 0 Å². The lowest BCUT2D eigenvalue weighted by Gasteiger charge is -2.11. The van der Waals surface area contributed by atoms with E-state index in [0.717, 1.165) is 25.8 Å². The van der Waals surface area contributed by atoms with Gasteiger partial charge in [0, 0.05) is 12.5 Å². The van der Waals surface area contributed by atoms with Gasteiger partial charge in [-0.25, -0.2) is 9.78 Å². The van der Waals surface area contributed by atoms with E-state index in [-0.39, 0.29) is 11.5 Å². The number of rotatable bonds is 6. The molecule has 1 aromatic rings. The van der Waals surface area contributed by atoms with Gasteiger partial charge in [-0.2, -0.15) is 0 Å². The lowest BCUT2D eigenvalue weighted by atomic mass is 10.1. The van der Waals surface area contributed by atoms with Crippen LogP contribution in [0.15, 0.2) is 11.1 Å². The average Bonchev–Trinajstić information content (AvgIpc) is 3.13. The van der Waals surface area contributed by atoms with Crippen molar-refractivity contribution in [1.82, 2.24) is 14.5 Å². The van der Waals surface area contributed by atoms with Gasteiger partial charge in [-0.05, 0) is 39.9 Å². The molecule has 0 saturated heterocycles. The third-order valence-corrected chi connectivity index (χ3v) is 3.25. The summed E-state index contributed by atoms with van der Waals surface area (Å²) >= 11 is 0. The molecule has 0 spiro atoms. The lowest BCUT2D eigenvalue weighted by molar-refractivity contribution is 0.0692. The second-order valence-electron chi connectivity index (χ2n) is 5.24. The van der Waals surface area contributed by atoms with Crippen molar-refractivity contribution in [2.45, 2.75) is 31.7 Å². The molecule has 6 heteroatoms. The Balaban J connectivity index is 2.24. The Morgan fingerprint density at radius 3 is 2.74 bits per heavy atom. The van der Waals surface area contributed by atoms with Crippen LogP contribution in [-0.4, -0.2) is 46.2 Å². The number of nitrogens with zero attached hydrogens (tertiary/aromatic N) is 3. The monoisotopic (exact) mass is 265 g/mol. The summed E-state index contributed by atoms with van der Waals surface area (Å²) in [6, 6.07) is 0. The highest BCUT2D eigenvalue weighted by Gasteiger charge is 2.31. The summed E-state index contributed by atoms with van der Waals surface area (Å²) in [5.74, 6) is -1.00. The van der Waals surface area contributed by atoms with Crippen LogP contribution in [0.1, 0.15) is 41.2 Å². The number of carbonyl (C=O) groups is 1. The molecule has 0 aliphatic heterocycles. The smallest absolute Gasteiger partial charge is 0.343 e. The van der Waals surface area contributed by atoms with Gasteiger partial charge in [0.1, 0.15) is 5.56 Å². The van der Waals surface area contributed by atoms with E-state index in [2.05, 4.69) is 4.98 Å². The molecule has 0 bridgehead atoms. The normalized spacial score (nSPS) is 14.9. The average molecular weight is 265 g/mol. The Kier molecular flexibility index (Phi) is 3.99. The first-order valence-electron chi connectivity index (χ1n) is 6.48. The summed E-state index contributed by atoms with van der Waals surface area (Å²) in [5.41, 5.74) is -0.112. The fraction of sp³-hybridized carbons (Fsp3) is 0.615. The van der Waals surface area contributed by atoms with Crippen molar-refractivity contribution in [3.05, 3.63) is 27.9 Å². The highest BCUT2D eigenvalue weighted by molar-refractivity contribution is 5.88. The van der Waals surface area contributed by atoms with Crippen molar-refractivity contribution in [2.24, 2.45) is 0 Å². The highest BCUT2D eigenvalue weighted by atomic mass is 16.4. The van der Waals surface area contributed by atoms with Crippen LogP contribution in [-0.2, 0) is 6.54 Å². The maximum atomic E-state index is 12.2. The summed E-state index contributed by atoms with van der Waals surface area (Å²) in [6.07, 6.45) is 4.13. The van der Waals surface area contributed by atoms with Crippen molar-refractivity contribution < 1.29 is 9.90 Å². The molecule has 1 heterocycles. The summed E-state index contributed by atoms with van der Waals surface area (Å²) in [5, 5.41) is 9.20. The molecule has 1 N–H and O–H groups in total. The lowest BCUT2D eigenvalue weighted by Crippen LogP contribution is -2.30. The second kappa shape index (κ2) is 5.52. The fourth-order valence-electron chi connectivity index (χ4n) is 2.09. The molecule has 104 valence electrons.